The third-order valence-corrected chi connectivity index (χ3v) is 5.33. The molecule has 0 saturated heterocycles. The molecule has 0 atom stereocenters. The fraction of sp³-hybridized carbons (Fsp3) is 0.176. The highest BCUT2D eigenvalue weighted by Crippen LogP contribution is 2.16. The number of carbonyl (C=O) groups is 1. The lowest BCUT2D eigenvalue weighted by atomic mass is 10.1. The Morgan fingerprint density at radius 3 is 2.28 bits per heavy atom. The molecule has 0 heterocycles. The first-order valence-corrected chi connectivity index (χ1v) is 8.82. The summed E-state index contributed by atoms with van der Waals surface area (Å²) in [7, 11) is -0.556. The number of aromatic carboxylic acids is 1. The lowest BCUT2D eigenvalue weighted by Gasteiger charge is -2.12. The summed E-state index contributed by atoms with van der Waals surface area (Å²) >= 11 is 0. The van der Waals surface area contributed by atoms with Gasteiger partial charge in [0.2, 0.25) is 10.0 Å². The number of sulfonamides is 1. The summed E-state index contributed by atoms with van der Waals surface area (Å²) < 4.78 is 25.5. The summed E-state index contributed by atoms with van der Waals surface area (Å²) in [5, 5.41) is 13.1. The summed E-state index contributed by atoms with van der Waals surface area (Å²) in [6, 6.07) is 12.7. The van der Waals surface area contributed by atoms with Crippen molar-refractivity contribution < 1.29 is 18.3 Å². The van der Waals surface area contributed by atoms with Crippen LogP contribution in [0, 0.1) is 0 Å². The van der Waals surface area contributed by atoms with Crippen LogP contribution in [-0.2, 0) is 10.0 Å². The lowest BCUT2D eigenvalue weighted by Crippen LogP contribution is -2.22. The van der Waals surface area contributed by atoms with Gasteiger partial charge in [0.15, 0.2) is 0 Å². The predicted molar refractivity (Wildman–Crippen MR) is 96.5 cm³/mol. The van der Waals surface area contributed by atoms with Crippen LogP contribution in [-0.4, -0.2) is 43.6 Å². The summed E-state index contributed by atoms with van der Waals surface area (Å²) in [5.41, 5.74) is 4.90. The summed E-state index contributed by atoms with van der Waals surface area (Å²) in [6.07, 6.45) is 0. The monoisotopic (exact) mass is 361 g/mol. The van der Waals surface area contributed by atoms with Crippen molar-refractivity contribution in [3.8, 4) is 0 Å². The van der Waals surface area contributed by atoms with Crippen molar-refractivity contribution in [3.05, 3.63) is 59.7 Å². The van der Waals surface area contributed by atoms with E-state index in [0.717, 1.165) is 4.31 Å². The Kier molecular flexibility index (Phi) is 5.55. The number of nitrogens with one attached hydrogen (secondary N) is 1. The molecule has 8 heteroatoms. The van der Waals surface area contributed by atoms with Gasteiger partial charge in [-0.05, 0) is 48.9 Å². The number of nitrogens with zero attached hydrogens (tertiary/aromatic N) is 2. The van der Waals surface area contributed by atoms with E-state index in [-0.39, 0.29) is 10.5 Å². The van der Waals surface area contributed by atoms with Gasteiger partial charge in [0, 0.05) is 14.1 Å². The van der Waals surface area contributed by atoms with E-state index in [1.54, 1.807) is 37.3 Å². The Bertz CT molecular complexity index is 904. The van der Waals surface area contributed by atoms with Crippen LogP contribution in [0.4, 0.5) is 5.69 Å². The summed E-state index contributed by atoms with van der Waals surface area (Å²) in [6.45, 7) is 1.75. The number of rotatable bonds is 6. The maximum absolute atomic E-state index is 12.2. The number of hydrazone groups is 1. The second kappa shape index (κ2) is 7.45. The molecule has 25 heavy (non-hydrogen) atoms. The number of hydrogen-bond donors (Lipinski definition) is 2. The molecule has 0 aliphatic heterocycles. The predicted octanol–water partition coefficient (Wildman–Crippen LogP) is 2.47. The topological polar surface area (TPSA) is 99.1 Å². The number of anilines is 1. The molecule has 0 saturated carbocycles. The van der Waals surface area contributed by atoms with Gasteiger partial charge in [0.05, 0.1) is 21.9 Å². The van der Waals surface area contributed by atoms with Gasteiger partial charge >= 0.3 is 5.97 Å². The Balaban J connectivity index is 2.21. The Morgan fingerprint density at radius 1 is 1.08 bits per heavy atom. The Hall–Kier alpha value is -2.71. The normalized spacial score (nSPS) is 12.2. The van der Waals surface area contributed by atoms with Gasteiger partial charge in [-0.3, -0.25) is 5.43 Å². The van der Waals surface area contributed by atoms with Gasteiger partial charge in [-0.25, -0.2) is 17.5 Å². The molecule has 0 spiro atoms. The third-order valence-electron chi connectivity index (χ3n) is 3.51. The van der Waals surface area contributed by atoms with Gasteiger partial charge in [-0.15, -0.1) is 0 Å². The maximum Gasteiger partial charge on any atom is 0.335 e. The molecule has 0 aliphatic rings. The molecule has 2 aromatic rings. The zero-order chi connectivity index (χ0) is 18.6. The number of carboxylic acids is 1. The molecule has 0 aliphatic carbocycles. The van der Waals surface area contributed by atoms with Crippen molar-refractivity contribution in [1.29, 1.82) is 0 Å². The van der Waals surface area contributed by atoms with Crippen LogP contribution in [0.1, 0.15) is 22.8 Å². The highest BCUT2D eigenvalue weighted by Gasteiger charge is 2.17. The summed E-state index contributed by atoms with van der Waals surface area (Å²) in [5.74, 6) is -0.995. The van der Waals surface area contributed by atoms with Crippen molar-refractivity contribution in [1.82, 2.24) is 4.31 Å². The van der Waals surface area contributed by atoms with E-state index in [9.17, 15) is 13.2 Å². The Labute approximate surface area is 146 Å². The van der Waals surface area contributed by atoms with E-state index in [4.69, 9.17) is 5.11 Å². The average Bonchev–Trinajstić information content (AvgIpc) is 2.60. The molecule has 0 unspecified atom stereocenters. The molecule has 2 N–H and O–H groups in total. The molecule has 0 radical (unpaired) electrons. The first-order valence-electron chi connectivity index (χ1n) is 7.38. The number of benzene rings is 2. The lowest BCUT2D eigenvalue weighted by molar-refractivity contribution is 0.0697. The first-order chi connectivity index (χ1) is 11.7. The molecule has 0 amide bonds. The largest absolute Gasteiger partial charge is 0.478 e. The Morgan fingerprint density at radius 2 is 1.72 bits per heavy atom. The standard InChI is InChI=1S/C17H19N3O4S/c1-12(18-19-15-9-7-13(8-10-15)17(21)22)14-5-4-6-16(11-14)25(23,24)20(2)3/h4-11,19H,1-3H3,(H,21,22)/b18-12+. The van der Waals surface area contributed by atoms with Crippen LogP contribution in [0.3, 0.4) is 0 Å². The van der Waals surface area contributed by atoms with E-state index >= 15 is 0 Å². The second-order valence-electron chi connectivity index (χ2n) is 5.51. The zero-order valence-corrected chi connectivity index (χ0v) is 14.9. The van der Waals surface area contributed by atoms with Crippen molar-refractivity contribution in [3.63, 3.8) is 0 Å². The fourth-order valence-corrected chi connectivity index (χ4v) is 2.94. The van der Waals surface area contributed by atoms with Gasteiger partial charge in [0.25, 0.3) is 0 Å². The minimum Gasteiger partial charge on any atom is -0.478 e. The average molecular weight is 361 g/mol. The molecular formula is C17H19N3O4S. The van der Waals surface area contributed by atoms with Crippen molar-refractivity contribution in [2.75, 3.05) is 19.5 Å². The van der Waals surface area contributed by atoms with Crippen LogP contribution < -0.4 is 5.43 Å². The van der Waals surface area contributed by atoms with Crippen LogP contribution in [0.25, 0.3) is 0 Å². The molecule has 0 aromatic heterocycles. The molecular weight excluding hydrogens is 342 g/mol. The molecule has 7 nitrogen and oxygen atoms in total. The van der Waals surface area contributed by atoms with E-state index < -0.39 is 16.0 Å². The fourth-order valence-electron chi connectivity index (χ4n) is 1.99. The summed E-state index contributed by atoms with van der Waals surface area (Å²) in [4.78, 5) is 11.0. The van der Waals surface area contributed by atoms with Crippen LogP contribution >= 0.6 is 0 Å². The van der Waals surface area contributed by atoms with Gasteiger partial charge < -0.3 is 5.11 Å². The minimum atomic E-state index is -3.51. The van der Waals surface area contributed by atoms with Crippen LogP contribution in [0.2, 0.25) is 0 Å². The van der Waals surface area contributed by atoms with Crippen molar-refractivity contribution in [2.45, 2.75) is 11.8 Å². The smallest absolute Gasteiger partial charge is 0.335 e. The van der Waals surface area contributed by atoms with Gasteiger partial charge in [0.1, 0.15) is 0 Å². The molecule has 0 fully saturated rings. The van der Waals surface area contributed by atoms with E-state index in [1.807, 2.05) is 0 Å². The van der Waals surface area contributed by atoms with Crippen molar-refractivity contribution in [2.24, 2.45) is 5.10 Å². The van der Waals surface area contributed by atoms with Crippen LogP contribution in [0.5, 0.6) is 0 Å². The van der Waals surface area contributed by atoms with E-state index in [1.165, 1.54) is 32.3 Å². The maximum atomic E-state index is 12.2. The minimum absolute atomic E-state index is 0.188. The van der Waals surface area contributed by atoms with E-state index in [2.05, 4.69) is 10.5 Å². The van der Waals surface area contributed by atoms with Crippen LogP contribution in [0.15, 0.2) is 58.5 Å². The molecule has 2 rings (SSSR count). The van der Waals surface area contributed by atoms with E-state index in [0.29, 0.717) is 17.0 Å². The molecule has 0 bridgehead atoms. The highest BCUT2D eigenvalue weighted by molar-refractivity contribution is 7.89. The number of hydrogen-bond acceptors (Lipinski definition) is 5. The van der Waals surface area contributed by atoms with Gasteiger partial charge in [-0.1, -0.05) is 12.1 Å². The first kappa shape index (κ1) is 18.6. The number of carboxylic acid groups (broad SMARTS) is 1. The molecule has 2 aromatic carbocycles. The highest BCUT2D eigenvalue weighted by atomic mass is 32.2. The quantitative estimate of drug-likeness (QED) is 0.608. The SMILES string of the molecule is C/C(=N\Nc1ccc(C(=O)O)cc1)c1cccc(S(=O)(=O)N(C)C)c1. The zero-order valence-electron chi connectivity index (χ0n) is 14.1. The van der Waals surface area contributed by atoms with Gasteiger partial charge in [-0.2, -0.15) is 5.10 Å². The second-order valence-corrected chi connectivity index (χ2v) is 7.66. The molecule has 132 valence electrons. The van der Waals surface area contributed by atoms with Crippen molar-refractivity contribution >= 4 is 27.4 Å². The third kappa shape index (κ3) is 4.43.